The molecular weight excluding hydrogens is 206 g/mol. The molecule has 0 fully saturated rings. The minimum absolute atomic E-state index is 0.515. The van der Waals surface area contributed by atoms with Gasteiger partial charge in [0.25, 0.3) is 0 Å². The fraction of sp³-hybridized carbons (Fsp3) is 0.273. The van der Waals surface area contributed by atoms with Crippen molar-refractivity contribution in [2.24, 2.45) is 5.10 Å². The van der Waals surface area contributed by atoms with Crippen LogP contribution in [0.5, 0.6) is 0 Å². The molecule has 0 unspecified atom stereocenters. The first-order valence-electron chi connectivity index (χ1n) is 4.72. The number of thiocarbonyl (C=S) groups is 1. The third-order valence-electron chi connectivity index (χ3n) is 2.02. The lowest BCUT2D eigenvalue weighted by atomic mass is 10.1. The number of rotatable bonds is 2. The molecule has 0 bridgehead atoms. The predicted octanol–water partition coefficient (Wildman–Crippen LogP) is 1.81. The first kappa shape index (κ1) is 11.7. The normalized spacial score (nSPS) is 11.0. The summed E-state index contributed by atoms with van der Waals surface area (Å²) in [6, 6.07) is 8.20. The van der Waals surface area contributed by atoms with E-state index in [1.807, 2.05) is 19.1 Å². The van der Waals surface area contributed by atoms with E-state index in [2.05, 4.69) is 34.9 Å². The van der Waals surface area contributed by atoms with Crippen LogP contribution in [0.2, 0.25) is 0 Å². The van der Waals surface area contributed by atoms with Gasteiger partial charge in [0.1, 0.15) is 0 Å². The van der Waals surface area contributed by atoms with Gasteiger partial charge in [0, 0.05) is 7.05 Å². The molecule has 0 amide bonds. The Morgan fingerprint density at radius 1 is 1.27 bits per heavy atom. The van der Waals surface area contributed by atoms with Crippen molar-refractivity contribution < 1.29 is 0 Å². The highest BCUT2D eigenvalue weighted by atomic mass is 32.1. The van der Waals surface area contributed by atoms with E-state index in [1.54, 1.807) is 7.05 Å². The zero-order valence-corrected chi connectivity index (χ0v) is 9.98. The molecule has 1 aromatic carbocycles. The van der Waals surface area contributed by atoms with E-state index in [4.69, 9.17) is 12.2 Å². The van der Waals surface area contributed by atoms with Crippen LogP contribution in [0.15, 0.2) is 29.4 Å². The van der Waals surface area contributed by atoms with Crippen LogP contribution in [0.25, 0.3) is 0 Å². The average molecular weight is 221 g/mol. The second-order valence-corrected chi connectivity index (χ2v) is 3.66. The molecule has 1 rings (SSSR count). The Bertz CT molecular complexity index is 368. The first-order chi connectivity index (χ1) is 7.13. The molecule has 1 aromatic rings. The average Bonchev–Trinajstić information content (AvgIpc) is 2.26. The fourth-order valence-electron chi connectivity index (χ4n) is 1.05. The summed E-state index contributed by atoms with van der Waals surface area (Å²) < 4.78 is 0. The maximum atomic E-state index is 4.92. The van der Waals surface area contributed by atoms with Crippen LogP contribution in [0, 0.1) is 6.92 Å². The first-order valence-corrected chi connectivity index (χ1v) is 5.13. The Labute approximate surface area is 95.6 Å². The highest BCUT2D eigenvalue weighted by Gasteiger charge is 1.96. The molecule has 2 N–H and O–H groups in total. The number of hydrogen-bond donors (Lipinski definition) is 2. The molecule has 0 aliphatic rings. The van der Waals surface area contributed by atoms with Crippen LogP contribution >= 0.6 is 12.2 Å². The zero-order valence-electron chi connectivity index (χ0n) is 9.16. The monoisotopic (exact) mass is 221 g/mol. The molecule has 0 heterocycles. The summed E-state index contributed by atoms with van der Waals surface area (Å²) in [4.78, 5) is 0. The van der Waals surface area contributed by atoms with E-state index in [0.29, 0.717) is 5.11 Å². The van der Waals surface area contributed by atoms with Crippen molar-refractivity contribution >= 4 is 23.0 Å². The van der Waals surface area contributed by atoms with Crippen LogP contribution in [0.3, 0.4) is 0 Å². The maximum Gasteiger partial charge on any atom is 0.186 e. The van der Waals surface area contributed by atoms with Crippen LogP contribution in [-0.4, -0.2) is 17.9 Å². The van der Waals surface area contributed by atoms with Gasteiger partial charge in [-0.2, -0.15) is 5.10 Å². The molecular formula is C11H15N3S. The molecule has 0 saturated carbocycles. The summed E-state index contributed by atoms with van der Waals surface area (Å²) in [5.41, 5.74) is 5.99. The molecule has 0 radical (unpaired) electrons. The van der Waals surface area contributed by atoms with Crippen molar-refractivity contribution in [3.8, 4) is 0 Å². The summed E-state index contributed by atoms with van der Waals surface area (Å²) in [5, 5.41) is 7.47. The van der Waals surface area contributed by atoms with E-state index >= 15 is 0 Å². The lowest BCUT2D eigenvalue weighted by Crippen LogP contribution is -2.29. The topological polar surface area (TPSA) is 36.4 Å². The molecule has 15 heavy (non-hydrogen) atoms. The minimum atomic E-state index is 0.515. The van der Waals surface area contributed by atoms with Crippen molar-refractivity contribution in [2.75, 3.05) is 7.05 Å². The van der Waals surface area contributed by atoms with E-state index in [-0.39, 0.29) is 0 Å². The Hall–Kier alpha value is -1.42. The van der Waals surface area contributed by atoms with Gasteiger partial charge < -0.3 is 5.32 Å². The molecule has 3 nitrogen and oxygen atoms in total. The maximum absolute atomic E-state index is 4.92. The number of nitrogens with zero attached hydrogens (tertiary/aromatic N) is 1. The summed E-state index contributed by atoms with van der Waals surface area (Å²) in [5.74, 6) is 0. The van der Waals surface area contributed by atoms with E-state index in [0.717, 1.165) is 11.3 Å². The van der Waals surface area contributed by atoms with Crippen LogP contribution in [0.1, 0.15) is 18.1 Å². The van der Waals surface area contributed by atoms with Gasteiger partial charge in [-0.15, -0.1) is 0 Å². The Morgan fingerprint density at radius 3 is 2.40 bits per heavy atom. The van der Waals surface area contributed by atoms with Crippen LogP contribution < -0.4 is 10.7 Å². The summed E-state index contributed by atoms with van der Waals surface area (Å²) in [6.45, 7) is 4.00. The molecule has 0 aliphatic carbocycles. The van der Waals surface area contributed by atoms with E-state index < -0.39 is 0 Å². The smallest absolute Gasteiger partial charge is 0.186 e. The molecule has 0 spiro atoms. The second-order valence-electron chi connectivity index (χ2n) is 3.25. The summed E-state index contributed by atoms with van der Waals surface area (Å²) in [6.07, 6.45) is 0. The highest BCUT2D eigenvalue weighted by molar-refractivity contribution is 7.80. The van der Waals surface area contributed by atoms with Gasteiger partial charge in [-0.3, -0.25) is 5.43 Å². The SMILES string of the molecule is CNC(=S)NN=C(C)c1ccc(C)cc1. The van der Waals surface area contributed by atoms with Gasteiger partial charge in [-0.05, 0) is 31.6 Å². The fourth-order valence-corrected chi connectivity index (χ4v) is 1.10. The third kappa shape index (κ3) is 3.67. The Morgan fingerprint density at radius 2 is 1.87 bits per heavy atom. The van der Waals surface area contributed by atoms with Crippen LogP contribution in [0.4, 0.5) is 0 Å². The molecule has 4 heteroatoms. The van der Waals surface area contributed by atoms with Crippen molar-refractivity contribution in [3.05, 3.63) is 35.4 Å². The van der Waals surface area contributed by atoms with Gasteiger partial charge in [0.15, 0.2) is 5.11 Å². The highest BCUT2D eigenvalue weighted by Crippen LogP contribution is 2.03. The summed E-state index contributed by atoms with van der Waals surface area (Å²) in [7, 11) is 1.76. The summed E-state index contributed by atoms with van der Waals surface area (Å²) >= 11 is 4.92. The lowest BCUT2D eigenvalue weighted by molar-refractivity contribution is 0.974. The van der Waals surface area contributed by atoms with Gasteiger partial charge in [-0.25, -0.2) is 0 Å². The van der Waals surface area contributed by atoms with Crippen LogP contribution in [-0.2, 0) is 0 Å². The number of benzene rings is 1. The van der Waals surface area contributed by atoms with Gasteiger partial charge >= 0.3 is 0 Å². The predicted molar refractivity (Wildman–Crippen MR) is 68.2 cm³/mol. The number of nitrogens with one attached hydrogen (secondary N) is 2. The molecule has 0 aliphatic heterocycles. The molecule has 80 valence electrons. The molecule has 0 aromatic heterocycles. The van der Waals surface area contributed by atoms with Crippen molar-refractivity contribution in [1.82, 2.24) is 10.7 Å². The standard InChI is InChI=1S/C11H15N3S/c1-8-4-6-10(7-5-8)9(2)13-14-11(15)12-3/h4-7H,1-3H3,(H2,12,14,15). The lowest BCUT2D eigenvalue weighted by Gasteiger charge is -2.04. The van der Waals surface area contributed by atoms with Crippen molar-refractivity contribution in [2.45, 2.75) is 13.8 Å². The minimum Gasteiger partial charge on any atom is -0.364 e. The largest absolute Gasteiger partial charge is 0.364 e. The second kappa shape index (κ2) is 5.46. The number of hydrogen-bond acceptors (Lipinski definition) is 2. The van der Waals surface area contributed by atoms with Crippen molar-refractivity contribution in [1.29, 1.82) is 0 Å². The van der Waals surface area contributed by atoms with Crippen molar-refractivity contribution in [3.63, 3.8) is 0 Å². The van der Waals surface area contributed by atoms with Gasteiger partial charge in [0.2, 0.25) is 0 Å². The molecule has 0 saturated heterocycles. The number of aryl methyl sites for hydroxylation is 1. The molecule has 0 atom stereocenters. The number of hydrazone groups is 1. The van der Waals surface area contributed by atoms with E-state index in [9.17, 15) is 0 Å². The van der Waals surface area contributed by atoms with Gasteiger partial charge in [-0.1, -0.05) is 29.8 Å². The quantitative estimate of drug-likeness (QED) is 0.454. The van der Waals surface area contributed by atoms with E-state index in [1.165, 1.54) is 5.56 Å². The zero-order chi connectivity index (χ0) is 11.3. The third-order valence-corrected chi connectivity index (χ3v) is 2.32. The Balaban J connectivity index is 2.71. The Kier molecular flexibility index (Phi) is 4.24. The van der Waals surface area contributed by atoms with Gasteiger partial charge in [0.05, 0.1) is 5.71 Å².